The van der Waals surface area contributed by atoms with Gasteiger partial charge in [0.05, 0.1) is 4.88 Å². The first-order valence-corrected chi connectivity index (χ1v) is 12.5. The second kappa shape index (κ2) is 9.58. The largest absolute Gasteiger partial charge is 0.486 e. The molecule has 1 fully saturated rings. The lowest BCUT2D eigenvalue weighted by Crippen LogP contribution is -2.41. The lowest BCUT2D eigenvalue weighted by Gasteiger charge is -2.22. The van der Waals surface area contributed by atoms with Crippen LogP contribution in [0, 0.1) is 13.8 Å². The van der Waals surface area contributed by atoms with Gasteiger partial charge in [0.2, 0.25) is 5.78 Å². The van der Waals surface area contributed by atoms with Crippen LogP contribution in [0.4, 0.5) is 0 Å². The van der Waals surface area contributed by atoms with Crippen LogP contribution in [0.25, 0.3) is 5.69 Å². The highest BCUT2D eigenvalue weighted by atomic mass is 32.1. The lowest BCUT2D eigenvalue weighted by atomic mass is 10.1. The number of likely N-dealkylation sites (tertiary alicyclic amines) is 1. The van der Waals surface area contributed by atoms with Gasteiger partial charge in [0, 0.05) is 35.2 Å². The van der Waals surface area contributed by atoms with Gasteiger partial charge >= 0.3 is 5.97 Å². The Morgan fingerprint density at radius 3 is 2.66 bits per heavy atom. The molecule has 1 saturated heterocycles. The fourth-order valence-corrected chi connectivity index (χ4v) is 5.40. The molecule has 0 bridgehead atoms. The van der Waals surface area contributed by atoms with Crippen LogP contribution in [0.2, 0.25) is 0 Å². The number of esters is 1. The Hall–Kier alpha value is -3.59. The number of carbonyl (C=O) groups is 3. The molecule has 2 aliphatic rings. The van der Waals surface area contributed by atoms with Crippen molar-refractivity contribution >= 4 is 29.0 Å². The monoisotopic (exact) mass is 494 g/mol. The van der Waals surface area contributed by atoms with Crippen molar-refractivity contribution in [3.63, 3.8) is 0 Å². The van der Waals surface area contributed by atoms with E-state index in [0.29, 0.717) is 48.1 Å². The van der Waals surface area contributed by atoms with Gasteiger partial charge < -0.3 is 23.7 Å². The van der Waals surface area contributed by atoms with Crippen LogP contribution in [-0.2, 0) is 9.53 Å². The molecular weight excluding hydrogens is 468 g/mol. The molecule has 5 rings (SSSR count). The van der Waals surface area contributed by atoms with Crippen LogP contribution in [0.15, 0.2) is 41.8 Å². The summed E-state index contributed by atoms with van der Waals surface area (Å²) >= 11 is 1.34. The van der Waals surface area contributed by atoms with Crippen molar-refractivity contribution in [1.82, 2.24) is 9.47 Å². The van der Waals surface area contributed by atoms with Crippen molar-refractivity contribution < 1.29 is 28.6 Å². The van der Waals surface area contributed by atoms with Gasteiger partial charge in [-0.1, -0.05) is 6.07 Å². The molecule has 0 N–H and O–H groups in total. The Morgan fingerprint density at radius 1 is 1.09 bits per heavy atom. The molecule has 2 aromatic heterocycles. The third-order valence-electron chi connectivity index (χ3n) is 6.38. The second-order valence-corrected chi connectivity index (χ2v) is 9.56. The highest BCUT2D eigenvalue weighted by Gasteiger charge is 2.36. The van der Waals surface area contributed by atoms with Gasteiger partial charge in [-0.15, -0.1) is 11.3 Å². The van der Waals surface area contributed by atoms with Gasteiger partial charge in [-0.25, -0.2) is 4.79 Å². The number of fused-ring (bicyclic) bond motifs is 1. The Morgan fingerprint density at radius 2 is 1.89 bits per heavy atom. The third-order valence-corrected chi connectivity index (χ3v) is 7.24. The topological polar surface area (TPSA) is 87.1 Å². The molecule has 182 valence electrons. The number of benzene rings is 1. The summed E-state index contributed by atoms with van der Waals surface area (Å²) in [4.78, 5) is 40.7. The molecule has 2 aliphatic heterocycles. The van der Waals surface area contributed by atoms with Crippen LogP contribution in [-0.4, -0.2) is 59.5 Å². The number of hydrogen-bond acceptors (Lipinski definition) is 7. The number of thiophene rings is 1. The Labute approximate surface area is 207 Å². The molecule has 0 saturated carbocycles. The average molecular weight is 495 g/mol. The first kappa shape index (κ1) is 23.2. The molecule has 4 heterocycles. The predicted octanol–water partition coefficient (Wildman–Crippen LogP) is 3.96. The van der Waals surface area contributed by atoms with Crippen molar-refractivity contribution in [1.29, 1.82) is 0 Å². The van der Waals surface area contributed by atoms with E-state index in [1.807, 2.05) is 42.0 Å². The van der Waals surface area contributed by atoms with Crippen LogP contribution in [0.1, 0.15) is 44.3 Å². The van der Waals surface area contributed by atoms with Gasteiger partial charge in [0.1, 0.15) is 19.3 Å². The maximum atomic E-state index is 13.0. The summed E-state index contributed by atoms with van der Waals surface area (Å²) < 4.78 is 18.7. The SMILES string of the molecule is Cc1cc(C(=O)COC(=O)C2CCCN2C(=O)c2cccs2)c(C)n1-c1ccc2c(c1)OCCO2. The number of aromatic nitrogens is 1. The molecular formula is C26H26N2O6S. The smallest absolute Gasteiger partial charge is 0.329 e. The molecule has 1 amide bonds. The van der Waals surface area contributed by atoms with E-state index in [1.165, 1.54) is 11.3 Å². The third kappa shape index (κ3) is 4.43. The molecule has 0 aliphatic carbocycles. The minimum Gasteiger partial charge on any atom is -0.486 e. The maximum absolute atomic E-state index is 13.0. The summed E-state index contributed by atoms with van der Waals surface area (Å²) in [6, 6.07) is 10.4. The van der Waals surface area contributed by atoms with Crippen LogP contribution in [0.3, 0.4) is 0 Å². The number of rotatable bonds is 6. The van der Waals surface area contributed by atoms with Gasteiger partial charge in [-0.3, -0.25) is 9.59 Å². The summed E-state index contributed by atoms with van der Waals surface area (Å²) in [5.41, 5.74) is 2.96. The summed E-state index contributed by atoms with van der Waals surface area (Å²) in [6.07, 6.45) is 1.25. The fourth-order valence-electron chi connectivity index (χ4n) is 4.72. The minimum absolute atomic E-state index is 0.172. The molecule has 9 heteroatoms. The van der Waals surface area contributed by atoms with Gasteiger partial charge in [-0.2, -0.15) is 0 Å². The van der Waals surface area contributed by atoms with Crippen molar-refractivity contribution in [2.45, 2.75) is 32.7 Å². The Bertz CT molecular complexity index is 1280. The predicted molar refractivity (Wildman–Crippen MR) is 130 cm³/mol. The van der Waals surface area contributed by atoms with Crippen LogP contribution >= 0.6 is 11.3 Å². The molecule has 1 unspecified atom stereocenters. The number of carbonyl (C=O) groups excluding carboxylic acids is 3. The number of aryl methyl sites for hydroxylation is 1. The number of Topliss-reactive ketones (excluding diaryl/α,β-unsaturated/α-hetero) is 1. The first-order chi connectivity index (χ1) is 16.9. The van der Waals surface area contributed by atoms with Gasteiger partial charge in [-0.05, 0) is 56.3 Å². The van der Waals surface area contributed by atoms with Gasteiger partial charge in [0.25, 0.3) is 5.91 Å². The quantitative estimate of drug-likeness (QED) is 0.381. The van der Waals surface area contributed by atoms with Crippen molar-refractivity contribution in [2.24, 2.45) is 0 Å². The zero-order valence-corrected chi connectivity index (χ0v) is 20.4. The summed E-state index contributed by atoms with van der Waals surface area (Å²) in [7, 11) is 0. The molecule has 8 nitrogen and oxygen atoms in total. The van der Waals surface area contributed by atoms with Crippen molar-refractivity contribution in [2.75, 3.05) is 26.4 Å². The van der Waals surface area contributed by atoms with E-state index in [4.69, 9.17) is 14.2 Å². The van der Waals surface area contributed by atoms with E-state index in [0.717, 1.165) is 23.5 Å². The Balaban J connectivity index is 1.27. The van der Waals surface area contributed by atoms with E-state index < -0.39 is 12.0 Å². The minimum atomic E-state index is -0.664. The number of amides is 1. The van der Waals surface area contributed by atoms with E-state index in [9.17, 15) is 14.4 Å². The fraction of sp³-hybridized carbons (Fsp3) is 0.346. The molecule has 0 radical (unpaired) electrons. The lowest BCUT2D eigenvalue weighted by molar-refractivity contribution is -0.147. The molecule has 1 aromatic carbocycles. The van der Waals surface area contributed by atoms with Crippen LogP contribution < -0.4 is 9.47 Å². The van der Waals surface area contributed by atoms with E-state index in [2.05, 4.69) is 0 Å². The zero-order chi connectivity index (χ0) is 24.5. The number of ketones is 1. The van der Waals surface area contributed by atoms with E-state index in [1.54, 1.807) is 23.1 Å². The standard InChI is InChI=1S/C26H26N2O6S/c1-16-13-19(17(2)28(16)18-7-8-22-23(14-18)33-11-10-32-22)21(29)15-34-26(31)20-5-3-9-27(20)25(30)24-6-4-12-35-24/h4,6-8,12-14,20H,3,5,9-11,15H2,1-2H3. The Kier molecular flexibility index (Phi) is 6.34. The molecule has 35 heavy (non-hydrogen) atoms. The van der Waals surface area contributed by atoms with E-state index in [-0.39, 0.29) is 18.3 Å². The van der Waals surface area contributed by atoms with Crippen molar-refractivity contribution in [3.05, 3.63) is 63.6 Å². The first-order valence-electron chi connectivity index (χ1n) is 11.6. The maximum Gasteiger partial charge on any atom is 0.329 e. The summed E-state index contributed by atoms with van der Waals surface area (Å²) in [5.74, 6) is 0.366. The molecule has 0 spiro atoms. The molecule has 3 aromatic rings. The average Bonchev–Trinajstić information content (AvgIpc) is 3.62. The second-order valence-electron chi connectivity index (χ2n) is 8.61. The number of ether oxygens (including phenoxy) is 3. The van der Waals surface area contributed by atoms with E-state index >= 15 is 0 Å². The summed E-state index contributed by atoms with van der Waals surface area (Å²) in [6.45, 7) is 4.91. The zero-order valence-electron chi connectivity index (χ0n) is 19.6. The number of hydrogen-bond donors (Lipinski definition) is 0. The highest BCUT2D eigenvalue weighted by Crippen LogP contribution is 2.33. The van der Waals surface area contributed by atoms with Crippen molar-refractivity contribution in [3.8, 4) is 17.2 Å². The van der Waals surface area contributed by atoms with Crippen LogP contribution in [0.5, 0.6) is 11.5 Å². The summed E-state index contributed by atoms with van der Waals surface area (Å²) in [5, 5.41) is 1.83. The normalized spacial score (nSPS) is 16.9. The molecule has 1 atom stereocenters. The van der Waals surface area contributed by atoms with Gasteiger partial charge in [0.15, 0.2) is 18.1 Å². The number of nitrogens with zero attached hydrogens (tertiary/aromatic N) is 2. The highest BCUT2D eigenvalue weighted by molar-refractivity contribution is 7.12.